The van der Waals surface area contributed by atoms with Crippen LogP contribution in [-0.2, 0) is 14.9 Å². The fourth-order valence-electron chi connectivity index (χ4n) is 1.62. The van der Waals surface area contributed by atoms with E-state index < -0.39 is 10.2 Å². The number of nitrogens with one attached hydrogen (secondary N) is 1. The van der Waals surface area contributed by atoms with Crippen LogP contribution in [0.5, 0.6) is 0 Å². The number of hydrogen-bond donors (Lipinski definition) is 2. The van der Waals surface area contributed by atoms with Crippen molar-refractivity contribution >= 4 is 16.0 Å². The molecule has 1 rings (SSSR count). The summed E-state index contributed by atoms with van der Waals surface area (Å²) < 4.78 is 32.3. The van der Waals surface area contributed by atoms with Crippen molar-refractivity contribution in [1.82, 2.24) is 8.61 Å². The third kappa shape index (κ3) is 3.91. The Labute approximate surface area is 102 Å². The zero-order valence-electron chi connectivity index (χ0n) is 10.1. The van der Waals surface area contributed by atoms with Gasteiger partial charge in [-0.3, -0.25) is 5.41 Å². The summed E-state index contributed by atoms with van der Waals surface area (Å²) >= 11 is 0. The van der Waals surface area contributed by atoms with Crippen LogP contribution in [0, 0.1) is 5.41 Å². The first-order chi connectivity index (χ1) is 7.98. The van der Waals surface area contributed by atoms with E-state index in [1.807, 2.05) is 0 Å². The third-order valence-corrected chi connectivity index (χ3v) is 4.72. The van der Waals surface area contributed by atoms with Crippen LogP contribution < -0.4 is 5.73 Å². The largest absolute Gasteiger partial charge is 0.388 e. The van der Waals surface area contributed by atoms with E-state index in [0.717, 1.165) is 0 Å². The third-order valence-electron chi connectivity index (χ3n) is 2.61. The van der Waals surface area contributed by atoms with Gasteiger partial charge in [0.25, 0.3) is 10.2 Å². The number of nitrogens with two attached hydrogens (primary N) is 1. The molecule has 1 heterocycles. The summed E-state index contributed by atoms with van der Waals surface area (Å²) in [5.74, 6) is 0.000581. The number of ether oxygens (including phenoxy) is 1. The topological polar surface area (TPSA) is 99.7 Å². The van der Waals surface area contributed by atoms with Crippen molar-refractivity contribution in [1.29, 1.82) is 5.41 Å². The summed E-state index contributed by atoms with van der Waals surface area (Å²) in [7, 11) is -3.44. The van der Waals surface area contributed by atoms with Gasteiger partial charge in [-0.05, 0) is 0 Å². The Hall–Kier alpha value is -0.700. The lowest BCUT2D eigenvalue weighted by Gasteiger charge is -2.31. The van der Waals surface area contributed by atoms with Crippen molar-refractivity contribution in [2.75, 3.05) is 39.4 Å². The molecular weight excluding hydrogens is 244 g/mol. The van der Waals surface area contributed by atoms with Crippen LogP contribution in [0.3, 0.4) is 0 Å². The van der Waals surface area contributed by atoms with Crippen molar-refractivity contribution in [2.45, 2.75) is 13.3 Å². The molecule has 0 radical (unpaired) electrons. The second kappa shape index (κ2) is 6.29. The first kappa shape index (κ1) is 14.4. The van der Waals surface area contributed by atoms with E-state index in [4.69, 9.17) is 15.9 Å². The van der Waals surface area contributed by atoms with E-state index in [0.29, 0.717) is 32.8 Å². The van der Waals surface area contributed by atoms with Gasteiger partial charge in [0.05, 0.1) is 19.0 Å². The molecule has 0 amide bonds. The average Bonchev–Trinajstić information content (AvgIpc) is 2.30. The summed E-state index contributed by atoms with van der Waals surface area (Å²) in [5.41, 5.74) is 5.25. The quantitative estimate of drug-likeness (QED) is 0.485. The lowest BCUT2D eigenvalue weighted by molar-refractivity contribution is 0.0703. The molecule has 0 aliphatic carbocycles. The molecule has 0 unspecified atom stereocenters. The van der Waals surface area contributed by atoms with E-state index in [9.17, 15) is 8.42 Å². The highest BCUT2D eigenvalue weighted by Gasteiger charge is 2.29. The molecule has 0 aromatic rings. The second-order valence-electron chi connectivity index (χ2n) is 3.79. The zero-order chi connectivity index (χ0) is 12.9. The average molecular weight is 264 g/mol. The number of hydrogen-bond acceptors (Lipinski definition) is 4. The Kier molecular flexibility index (Phi) is 5.31. The van der Waals surface area contributed by atoms with E-state index in [2.05, 4.69) is 0 Å². The number of morpholine rings is 1. The Morgan fingerprint density at radius 2 is 2.06 bits per heavy atom. The molecule has 1 aliphatic heterocycles. The van der Waals surface area contributed by atoms with Crippen LogP contribution in [0.4, 0.5) is 0 Å². The number of amidine groups is 1. The van der Waals surface area contributed by atoms with Crippen molar-refractivity contribution in [2.24, 2.45) is 5.73 Å². The molecule has 1 fully saturated rings. The van der Waals surface area contributed by atoms with Gasteiger partial charge in [0.15, 0.2) is 0 Å². The Bertz CT molecular complexity index is 351. The van der Waals surface area contributed by atoms with Crippen molar-refractivity contribution < 1.29 is 13.2 Å². The lowest BCUT2D eigenvalue weighted by Crippen LogP contribution is -2.49. The Morgan fingerprint density at radius 3 is 2.53 bits per heavy atom. The van der Waals surface area contributed by atoms with Crippen LogP contribution in [-0.4, -0.2) is 62.3 Å². The maximum Gasteiger partial charge on any atom is 0.282 e. The highest BCUT2D eigenvalue weighted by molar-refractivity contribution is 7.86. The molecule has 17 heavy (non-hydrogen) atoms. The molecule has 0 atom stereocenters. The highest BCUT2D eigenvalue weighted by atomic mass is 32.2. The summed E-state index contributed by atoms with van der Waals surface area (Å²) in [4.78, 5) is 0. The van der Waals surface area contributed by atoms with Gasteiger partial charge in [0, 0.05) is 32.6 Å². The Balaban J connectivity index is 2.67. The number of rotatable bonds is 6. The molecule has 0 saturated carbocycles. The van der Waals surface area contributed by atoms with Gasteiger partial charge >= 0.3 is 0 Å². The van der Waals surface area contributed by atoms with Crippen molar-refractivity contribution in [3.8, 4) is 0 Å². The van der Waals surface area contributed by atoms with E-state index in [-0.39, 0.29) is 18.8 Å². The van der Waals surface area contributed by atoms with Gasteiger partial charge < -0.3 is 10.5 Å². The molecule has 0 aromatic heterocycles. The predicted octanol–water partition coefficient (Wildman–Crippen LogP) is -0.789. The fourth-order valence-corrected chi connectivity index (χ4v) is 3.21. The summed E-state index contributed by atoms with van der Waals surface area (Å²) in [6, 6.07) is 0. The summed E-state index contributed by atoms with van der Waals surface area (Å²) in [5, 5.41) is 7.13. The second-order valence-corrected chi connectivity index (χ2v) is 5.71. The Morgan fingerprint density at radius 1 is 1.47 bits per heavy atom. The maximum atomic E-state index is 12.2. The van der Waals surface area contributed by atoms with Crippen LogP contribution in [0.1, 0.15) is 13.3 Å². The molecule has 3 N–H and O–H groups in total. The first-order valence-corrected chi connectivity index (χ1v) is 7.04. The smallest absolute Gasteiger partial charge is 0.282 e. The molecule has 0 bridgehead atoms. The first-order valence-electron chi connectivity index (χ1n) is 5.64. The van der Waals surface area contributed by atoms with Crippen LogP contribution in [0.2, 0.25) is 0 Å². The van der Waals surface area contributed by atoms with E-state index >= 15 is 0 Å². The minimum absolute atomic E-state index is 0.000581. The minimum Gasteiger partial charge on any atom is -0.388 e. The summed E-state index contributed by atoms with van der Waals surface area (Å²) in [6.45, 7) is 4.06. The summed E-state index contributed by atoms with van der Waals surface area (Å²) in [6.07, 6.45) is 0.261. The van der Waals surface area contributed by atoms with Crippen LogP contribution in [0.15, 0.2) is 0 Å². The molecule has 1 aliphatic rings. The normalized spacial score (nSPS) is 18.5. The van der Waals surface area contributed by atoms with Gasteiger partial charge in [-0.1, -0.05) is 6.92 Å². The standard InChI is InChI=1S/C9H20N4O3S/c1-2-12(4-3-9(10)11)17(14,15)13-5-7-16-8-6-13/h2-8H2,1H3,(H3,10,11). The van der Waals surface area contributed by atoms with E-state index in [1.165, 1.54) is 8.61 Å². The van der Waals surface area contributed by atoms with E-state index in [1.54, 1.807) is 6.92 Å². The minimum atomic E-state index is -3.44. The van der Waals surface area contributed by atoms with Gasteiger partial charge in [0.1, 0.15) is 0 Å². The molecule has 100 valence electrons. The van der Waals surface area contributed by atoms with Crippen LogP contribution in [0.25, 0.3) is 0 Å². The van der Waals surface area contributed by atoms with Crippen molar-refractivity contribution in [3.63, 3.8) is 0 Å². The molecule has 7 nitrogen and oxygen atoms in total. The lowest BCUT2D eigenvalue weighted by atomic mass is 10.4. The SMILES string of the molecule is CCN(CCC(=N)N)S(=O)(=O)N1CCOCC1. The van der Waals surface area contributed by atoms with Crippen LogP contribution >= 0.6 is 0 Å². The molecule has 1 saturated heterocycles. The number of nitrogens with zero attached hydrogens (tertiary/aromatic N) is 2. The van der Waals surface area contributed by atoms with Gasteiger partial charge in [-0.25, -0.2) is 0 Å². The van der Waals surface area contributed by atoms with Gasteiger partial charge in [-0.2, -0.15) is 17.0 Å². The zero-order valence-corrected chi connectivity index (χ0v) is 10.9. The van der Waals surface area contributed by atoms with Gasteiger partial charge in [-0.15, -0.1) is 0 Å². The molecule has 0 aromatic carbocycles. The molecular formula is C9H20N4O3S. The van der Waals surface area contributed by atoms with Gasteiger partial charge in [0.2, 0.25) is 0 Å². The predicted molar refractivity (Wildman–Crippen MR) is 65.1 cm³/mol. The fraction of sp³-hybridized carbons (Fsp3) is 0.889. The van der Waals surface area contributed by atoms with Crippen molar-refractivity contribution in [3.05, 3.63) is 0 Å². The highest BCUT2D eigenvalue weighted by Crippen LogP contribution is 2.11. The maximum absolute atomic E-state index is 12.2. The monoisotopic (exact) mass is 264 g/mol. The molecule has 8 heteroatoms. The molecule has 0 spiro atoms.